The molecule has 0 amide bonds. The molecule has 6 heteroatoms. The lowest BCUT2D eigenvalue weighted by atomic mass is 10.0. The van der Waals surface area contributed by atoms with Crippen LogP contribution in [0.1, 0.15) is 20.7 Å². The number of anilines is 3. The molecule has 0 saturated carbocycles. The van der Waals surface area contributed by atoms with Gasteiger partial charge in [0.15, 0.2) is 0 Å². The molecular weight excluding hydrogens is 260 g/mol. The number of hydrogen-bond acceptors (Lipinski definition) is 4. The van der Waals surface area contributed by atoms with Gasteiger partial charge >= 0.3 is 11.9 Å². The van der Waals surface area contributed by atoms with Crippen LogP contribution in [0.2, 0.25) is 0 Å². The minimum atomic E-state index is -1.38. The third-order valence-corrected chi connectivity index (χ3v) is 2.72. The minimum Gasteiger partial charge on any atom is -0.478 e. The molecule has 0 fully saturated rings. The molecule has 0 radical (unpaired) electrons. The first-order valence-corrected chi connectivity index (χ1v) is 5.72. The molecule has 0 bridgehead atoms. The van der Waals surface area contributed by atoms with Crippen LogP contribution in [0.4, 0.5) is 17.1 Å². The van der Waals surface area contributed by atoms with Gasteiger partial charge in [0.25, 0.3) is 0 Å². The molecule has 6 nitrogen and oxygen atoms in total. The fourth-order valence-electron chi connectivity index (χ4n) is 1.85. The Morgan fingerprint density at radius 3 is 2.05 bits per heavy atom. The van der Waals surface area contributed by atoms with Crippen molar-refractivity contribution in [1.29, 1.82) is 0 Å². The Morgan fingerprint density at radius 2 is 1.50 bits per heavy atom. The zero-order valence-corrected chi connectivity index (χ0v) is 10.3. The van der Waals surface area contributed by atoms with Gasteiger partial charge in [-0.15, -0.1) is 0 Å². The van der Waals surface area contributed by atoms with E-state index in [1.165, 1.54) is 12.1 Å². The van der Waals surface area contributed by atoms with Gasteiger partial charge in [0.1, 0.15) is 0 Å². The summed E-state index contributed by atoms with van der Waals surface area (Å²) in [5, 5.41) is 21.2. The molecule has 0 spiro atoms. The Kier molecular flexibility index (Phi) is 3.56. The van der Waals surface area contributed by atoms with Crippen LogP contribution in [0.25, 0.3) is 0 Å². The number of para-hydroxylation sites is 1. The molecule has 0 heterocycles. The first-order chi connectivity index (χ1) is 9.50. The molecule has 2 aromatic carbocycles. The van der Waals surface area contributed by atoms with E-state index < -0.39 is 17.5 Å². The molecule has 0 atom stereocenters. The van der Waals surface area contributed by atoms with Crippen molar-refractivity contribution in [2.75, 3.05) is 11.1 Å². The third-order valence-electron chi connectivity index (χ3n) is 2.72. The van der Waals surface area contributed by atoms with Crippen molar-refractivity contribution in [3.63, 3.8) is 0 Å². The van der Waals surface area contributed by atoms with E-state index in [0.717, 1.165) is 0 Å². The van der Waals surface area contributed by atoms with E-state index in [1.807, 2.05) is 6.07 Å². The highest BCUT2D eigenvalue weighted by Crippen LogP contribution is 2.28. The predicted octanol–water partition coefficient (Wildman–Crippen LogP) is 2.41. The van der Waals surface area contributed by atoms with E-state index in [0.29, 0.717) is 5.69 Å². The summed E-state index contributed by atoms with van der Waals surface area (Å²) < 4.78 is 0. The topological polar surface area (TPSA) is 113 Å². The van der Waals surface area contributed by atoms with Crippen molar-refractivity contribution in [2.45, 2.75) is 0 Å². The average Bonchev–Trinajstić information content (AvgIpc) is 2.41. The summed E-state index contributed by atoms with van der Waals surface area (Å²) in [4.78, 5) is 22.5. The van der Waals surface area contributed by atoms with Crippen LogP contribution in [0, 0.1) is 0 Å². The number of nitrogen functional groups attached to an aromatic ring is 1. The van der Waals surface area contributed by atoms with E-state index in [-0.39, 0.29) is 16.9 Å². The van der Waals surface area contributed by atoms with Gasteiger partial charge in [-0.05, 0) is 24.3 Å². The van der Waals surface area contributed by atoms with Crippen LogP contribution in [0.5, 0.6) is 0 Å². The van der Waals surface area contributed by atoms with Gasteiger partial charge in [-0.3, -0.25) is 0 Å². The summed E-state index contributed by atoms with van der Waals surface area (Å²) >= 11 is 0. The van der Waals surface area contributed by atoms with E-state index >= 15 is 0 Å². The maximum Gasteiger partial charge on any atom is 0.338 e. The molecule has 20 heavy (non-hydrogen) atoms. The second-order valence-corrected chi connectivity index (χ2v) is 4.05. The molecule has 5 N–H and O–H groups in total. The maximum atomic E-state index is 11.3. The monoisotopic (exact) mass is 272 g/mol. The first-order valence-electron chi connectivity index (χ1n) is 5.72. The second-order valence-electron chi connectivity index (χ2n) is 4.05. The number of benzene rings is 2. The largest absolute Gasteiger partial charge is 0.478 e. The lowest BCUT2D eigenvalue weighted by molar-refractivity contribution is 0.0653. The zero-order valence-electron chi connectivity index (χ0n) is 10.3. The number of nitrogens with two attached hydrogens (primary N) is 1. The standard InChI is InChI=1S/C14H12N2O4/c15-9-6-7-10(16-8-4-2-1-3-5-8)12(14(19)20)11(9)13(17)18/h1-7,16H,15H2,(H,17,18)(H,19,20). The lowest BCUT2D eigenvalue weighted by Crippen LogP contribution is -2.13. The van der Waals surface area contributed by atoms with Crippen molar-refractivity contribution < 1.29 is 19.8 Å². The minimum absolute atomic E-state index is 0.0893. The van der Waals surface area contributed by atoms with Gasteiger partial charge < -0.3 is 21.3 Å². The molecule has 0 aliphatic carbocycles. The Morgan fingerprint density at radius 1 is 0.900 bits per heavy atom. The Balaban J connectivity index is 2.56. The number of hydrogen-bond donors (Lipinski definition) is 4. The molecule has 0 unspecified atom stereocenters. The smallest absolute Gasteiger partial charge is 0.338 e. The summed E-state index contributed by atoms with van der Waals surface area (Å²) in [6, 6.07) is 11.6. The fraction of sp³-hybridized carbons (Fsp3) is 0. The van der Waals surface area contributed by atoms with Crippen molar-refractivity contribution >= 4 is 29.0 Å². The number of carboxylic acids is 2. The Labute approximate surface area is 114 Å². The van der Waals surface area contributed by atoms with Gasteiger partial charge in [0.2, 0.25) is 0 Å². The number of carboxylic acid groups (broad SMARTS) is 2. The fourth-order valence-corrected chi connectivity index (χ4v) is 1.85. The van der Waals surface area contributed by atoms with Gasteiger partial charge in [0, 0.05) is 11.4 Å². The third kappa shape index (κ3) is 2.54. The quantitative estimate of drug-likeness (QED) is 0.636. The summed E-state index contributed by atoms with van der Waals surface area (Å²) in [6.45, 7) is 0. The van der Waals surface area contributed by atoms with Crippen molar-refractivity contribution in [1.82, 2.24) is 0 Å². The summed E-state index contributed by atoms with van der Waals surface area (Å²) in [7, 11) is 0. The molecule has 0 saturated heterocycles. The highest BCUT2D eigenvalue weighted by Gasteiger charge is 2.23. The molecular formula is C14H12N2O4. The van der Waals surface area contributed by atoms with Crippen LogP contribution >= 0.6 is 0 Å². The lowest BCUT2D eigenvalue weighted by Gasteiger charge is -2.13. The molecule has 2 rings (SSSR count). The summed E-state index contributed by atoms with van der Waals surface area (Å²) in [6.07, 6.45) is 0. The highest BCUT2D eigenvalue weighted by molar-refractivity contribution is 6.09. The van der Waals surface area contributed by atoms with E-state index in [4.69, 9.17) is 10.8 Å². The van der Waals surface area contributed by atoms with Crippen LogP contribution in [0.15, 0.2) is 42.5 Å². The second kappa shape index (κ2) is 5.31. The molecule has 102 valence electrons. The van der Waals surface area contributed by atoms with Crippen LogP contribution in [-0.4, -0.2) is 22.2 Å². The van der Waals surface area contributed by atoms with Crippen molar-refractivity contribution in [3.8, 4) is 0 Å². The zero-order chi connectivity index (χ0) is 14.7. The van der Waals surface area contributed by atoms with Gasteiger partial charge in [-0.25, -0.2) is 9.59 Å². The van der Waals surface area contributed by atoms with E-state index in [2.05, 4.69) is 5.32 Å². The molecule has 0 aliphatic rings. The maximum absolute atomic E-state index is 11.3. The molecule has 0 aromatic heterocycles. The Bertz CT molecular complexity index is 668. The first kappa shape index (κ1) is 13.4. The number of nitrogens with one attached hydrogen (secondary N) is 1. The Hall–Kier alpha value is -3.02. The number of rotatable bonds is 4. The van der Waals surface area contributed by atoms with E-state index in [9.17, 15) is 14.7 Å². The van der Waals surface area contributed by atoms with Crippen molar-refractivity contribution in [3.05, 3.63) is 53.6 Å². The van der Waals surface area contributed by atoms with Gasteiger partial charge in [-0.1, -0.05) is 18.2 Å². The number of aromatic carboxylic acids is 2. The molecule has 0 aliphatic heterocycles. The van der Waals surface area contributed by atoms with Crippen molar-refractivity contribution in [2.24, 2.45) is 0 Å². The highest BCUT2D eigenvalue weighted by atomic mass is 16.4. The van der Waals surface area contributed by atoms with Crippen LogP contribution < -0.4 is 11.1 Å². The average molecular weight is 272 g/mol. The van der Waals surface area contributed by atoms with Gasteiger partial charge in [0.05, 0.1) is 16.8 Å². The predicted molar refractivity (Wildman–Crippen MR) is 74.5 cm³/mol. The SMILES string of the molecule is Nc1ccc(Nc2ccccc2)c(C(=O)O)c1C(=O)O. The summed E-state index contributed by atoms with van der Waals surface area (Å²) in [5.74, 6) is -2.73. The van der Waals surface area contributed by atoms with Gasteiger partial charge in [-0.2, -0.15) is 0 Å². The summed E-state index contributed by atoms with van der Waals surface area (Å²) in [5.41, 5.74) is 5.51. The van der Waals surface area contributed by atoms with Crippen LogP contribution in [0.3, 0.4) is 0 Å². The number of carbonyl (C=O) groups is 2. The van der Waals surface area contributed by atoms with Crippen LogP contribution in [-0.2, 0) is 0 Å². The van der Waals surface area contributed by atoms with E-state index in [1.54, 1.807) is 24.3 Å². The normalized spacial score (nSPS) is 10.0. The molecule has 2 aromatic rings.